The van der Waals surface area contributed by atoms with Gasteiger partial charge in [0.15, 0.2) is 5.13 Å². The summed E-state index contributed by atoms with van der Waals surface area (Å²) in [5, 5.41) is 6.38. The van der Waals surface area contributed by atoms with Gasteiger partial charge in [0, 0.05) is 42.6 Å². The van der Waals surface area contributed by atoms with Crippen molar-refractivity contribution < 1.29 is 4.79 Å². The van der Waals surface area contributed by atoms with E-state index in [1.165, 1.54) is 6.42 Å². The van der Waals surface area contributed by atoms with Gasteiger partial charge in [-0.25, -0.2) is 4.98 Å². The van der Waals surface area contributed by atoms with Crippen LogP contribution in [0.25, 0.3) is 5.13 Å². The lowest BCUT2D eigenvalue weighted by Crippen LogP contribution is -2.44. The van der Waals surface area contributed by atoms with Gasteiger partial charge in [0.1, 0.15) is 0 Å². The van der Waals surface area contributed by atoms with E-state index in [4.69, 9.17) is 0 Å². The van der Waals surface area contributed by atoms with Gasteiger partial charge in [0.25, 0.3) is 5.91 Å². The number of nitrogens with zero attached hydrogens (tertiary/aromatic N) is 3. The van der Waals surface area contributed by atoms with E-state index < -0.39 is 0 Å². The second kappa shape index (κ2) is 6.01. The van der Waals surface area contributed by atoms with Crippen LogP contribution in [0.5, 0.6) is 0 Å². The van der Waals surface area contributed by atoms with Gasteiger partial charge in [-0.2, -0.15) is 0 Å². The van der Waals surface area contributed by atoms with E-state index in [1.54, 1.807) is 17.5 Å². The van der Waals surface area contributed by atoms with Crippen molar-refractivity contribution in [1.82, 2.24) is 19.8 Å². The molecule has 2 aliphatic heterocycles. The molecular formula is C18H24N4OS. The minimum absolute atomic E-state index is 0.173. The Balaban J connectivity index is 1.54. The van der Waals surface area contributed by atoms with Crippen LogP contribution in [0.4, 0.5) is 0 Å². The average Bonchev–Trinajstić information content (AvgIpc) is 3.30. The molecule has 0 unspecified atom stereocenters. The molecule has 2 aromatic heterocycles. The van der Waals surface area contributed by atoms with E-state index in [-0.39, 0.29) is 5.91 Å². The molecule has 0 saturated carbocycles. The number of carbonyl (C=O) groups is 1. The molecule has 0 aliphatic carbocycles. The Kier molecular flexibility index (Phi) is 3.96. The van der Waals surface area contributed by atoms with Crippen molar-refractivity contribution in [3.63, 3.8) is 0 Å². The van der Waals surface area contributed by atoms with Gasteiger partial charge < -0.3 is 10.2 Å². The fraction of sp³-hybridized carbons (Fsp3) is 0.556. The first-order valence-electron chi connectivity index (χ1n) is 8.68. The Morgan fingerprint density at radius 2 is 2.08 bits per heavy atom. The number of likely N-dealkylation sites (tertiary alicyclic amines) is 1. The molecule has 2 saturated heterocycles. The van der Waals surface area contributed by atoms with E-state index in [9.17, 15) is 4.79 Å². The molecule has 0 bridgehead atoms. The standard InChI is InChI=1S/C18H24N4OS/c1-13-11-15(14(2)22(13)17-20-7-10-24-17)16(23)21-8-4-18(5-9-21)3-6-19-12-18/h7,10-11,19H,3-6,8-9,12H2,1-2H3. The molecular weight excluding hydrogens is 320 g/mol. The highest BCUT2D eigenvalue weighted by atomic mass is 32.1. The third kappa shape index (κ3) is 2.58. The monoisotopic (exact) mass is 344 g/mol. The molecule has 6 heteroatoms. The number of aromatic nitrogens is 2. The molecule has 2 aromatic rings. The van der Waals surface area contributed by atoms with Gasteiger partial charge in [-0.1, -0.05) is 0 Å². The number of rotatable bonds is 2. The fourth-order valence-electron chi connectivity index (χ4n) is 4.18. The van der Waals surface area contributed by atoms with Crippen molar-refractivity contribution in [2.45, 2.75) is 33.1 Å². The number of thiazole rings is 1. The van der Waals surface area contributed by atoms with Gasteiger partial charge in [0.2, 0.25) is 0 Å². The molecule has 4 heterocycles. The summed E-state index contributed by atoms with van der Waals surface area (Å²) in [6.45, 7) is 8.06. The number of hydrogen-bond donors (Lipinski definition) is 1. The predicted molar refractivity (Wildman–Crippen MR) is 96.0 cm³/mol. The maximum Gasteiger partial charge on any atom is 0.255 e. The Bertz CT molecular complexity index is 733. The summed E-state index contributed by atoms with van der Waals surface area (Å²) in [6.07, 6.45) is 5.31. The molecule has 0 radical (unpaired) electrons. The Morgan fingerprint density at radius 3 is 2.71 bits per heavy atom. The highest BCUT2D eigenvalue weighted by molar-refractivity contribution is 7.12. The quantitative estimate of drug-likeness (QED) is 0.911. The van der Waals surface area contributed by atoms with Crippen molar-refractivity contribution >= 4 is 17.2 Å². The second-order valence-electron chi connectivity index (χ2n) is 7.15. The average molecular weight is 344 g/mol. The molecule has 5 nitrogen and oxygen atoms in total. The van der Waals surface area contributed by atoms with Gasteiger partial charge in [-0.15, -0.1) is 11.3 Å². The van der Waals surface area contributed by atoms with Crippen molar-refractivity contribution in [2.75, 3.05) is 26.2 Å². The van der Waals surface area contributed by atoms with E-state index in [1.807, 2.05) is 30.2 Å². The van der Waals surface area contributed by atoms with Crippen molar-refractivity contribution in [1.29, 1.82) is 0 Å². The topological polar surface area (TPSA) is 50.2 Å². The maximum absolute atomic E-state index is 13.0. The predicted octanol–water partition coefficient (Wildman–Crippen LogP) is 2.77. The second-order valence-corrected chi connectivity index (χ2v) is 8.03. The SMILES string of the molecule is Cc1cc(C(=O)N2CCC3(CCNC3)CC2)c(C)n1-c1nccs1. The molecule has 2 fully saturated rings. The summed E-state index contributed by atoms with van der Waals surface area (Å²) in [7, 11) is 0. The molecule has 4 rings (SSSR count). The van der Waals surface area contributed by atoms with E-state index in [0.29, 0.717) is 5.41 Å². The van der Waals surface area contributed by atoms with Crippen LogP contribution in [-0.4, -0.2) is 46.5 Å². The van der Waals surface area contributed by atoms with Crippen LogP contribution in [0.1, 0.15) is 41.0 Å². The summed E-state index contributed by atoms with van der Waals surface area (Å²) in [5.41, 5.74) is 3.33. The van der Waals surface area contributed by atoms with Crippen molar-refractivity contribution in [3.8, 4) is 5.13 Å². The summed E-state index contributed by atoms with van der Waals surface area (Å²) in [4.78, 5) is 19.5. The molecule has 1 N–H and O–H groups in total. The van der Waals surface area contributed by atoms with Crippen LogP contribution < -0.4 is 5.32 Å². The number of hydrogen-bond acceptors (Lipinski definition) is 4. The molecule has 24 heavy (non-hydrogen) atoms. The fourth-order valence-corrected chi connectivity index (χ4v) is 4.93. The number of amides is 1. The number of nitrogens with one attached hydrogen (secondary N) is 1. The normalized spacial score (nSPS) is 20.0. The zero-order valence-corrected chi connectivity index (χ0v) is 15.2. The van der Waals surface area contributed by atoms with Crippen LogP contribution in [0.3, 0.4) is 0 Å². The van der Waals surface area contributed by atoms with Crippen LogP contribution in [-0.2, 0) is 0 Å². The summed E-state index contributed by atoms with van der Waals surface area (Å²) < 4.78 is 2.09. The highest BCUT2D eigenvalue weighted by Gasteiger charge is 2.38. The van der Waals surface area contributed by atoms with Crippen LogP contribution in [0.2, 0.25) is 0 Å². The molecule has 1 spiro atoms. The highest BCUT2D eigenvalue weighted by Crippen LogP contribution is 2.37. The van der Waals surface area contributed by atoms with Crippen molar-refractivity contribution in [2.24, 2.45) is 5.41 Å². The first-order chi connectivity index (χ1) is 11.6. The van der Waals surface area contributed by atoms with Gasteiger partial charge in [-0.05, 0) is 51.1 Å². The van der Waals surface area contributed by atoms with Crippen molar-refractivity contribution in [3.05, 3.63) is 34.6 Å². The lowest BCUT2D eigenvalue weighted by atomic mass is 9.78. The maximum atomic E-state index is 13.0. The molecule has 0 aromatic carbocycles. The molecule has 0 atom stereocenters. The van der Waals surface area contributed by atoms with Crippen LogP contribution >= 0.6 is 11.3 Å². The van der Waals surface area contributed by atoms with Gasteiger partial charge >= 0.3 is 0 Å². The van der Waals surface area contributed by atoms with Crippen LogP contribution in [0, 0.1) is 19.3 Å². The minimum Gasteiger partial charge on any atom is -0.339 e. The smallest absolute Gasteiger partial charge is 0.255 e. The minimum atomic E-state index is 0.173. The summed E-state index contributed by atoms with van der Waals surface area (Å²) in [6, 6.07) is 2.01. The number of carbonyl (C=O) groups excluding carboxylic acids is 1. The van der Waals surface area contributed by atoms with Gasteiger partial charge in [-0.3, -0.25) is 9.36 Å². The summed E-state index contributed by atoms with van der Waals surface area (Å²) in [5.74, 6) is 0.173. The number of aryl methyl sites for hydroxylation is 1. The molecule has 128 valence electrons. The largest absolute Gasteiger partial charge is 0.339 e. The van der Waals surface area contributed by atoms with E-state index in [0.717, 1.165) is 61.1 Å². The lowest BCUT2D eigenvalue weighted by Gasteiger charge is -2.38. The van der Waals surface area contributed by atoms with E-state index >= 15 is 0 Å². The molecule has 2 aliphatic rings. The summed E-state index contributed by atoms with van der Waals surface area (Å²) >= 11 is 1.60. The van der Waals surface area contributed by atoms with Gasteiger partial charge in [0.05, 0.1) is 5.56 Å². The van der Waals surface area contributed by atoms with E-state index in [2.05, 4.69) is 14.9 Å². The first-order valence-corrected chi connectivity index (χ1v) is 9.56. The number of piperidine rings is 1. The lowest BCUT2D eigenvalue weighted by molar-refractivity contribution is 0.0607. The zero-order valence-electron chi connectivity index (χ0n) is 14.3. The third-order valence-electron chi connectivity index (χ3n) is 5.72. The zero-order chi connectivity index (χ0) is 16.7. The molecule has 1 amide bonds. The Morgan fingerprint density at radius 1 is 1.29 bits per heavy atom. The van der Waals surface area contributed by atoms with Crippen LogP contribution in [0.15, 0.2) is 17.6 Å². The first kappa shape index (κ1) is 15.8. The Hall–Kier alpha value is -1.66. The Labute approximate surface area is 146 Å². The third-order valence-corrected chi connectivity index (χ3v) is 6.47.